The average Bonchev–Trinajstić information content (AvgIpc) is 3.22. The summed E-state index contributed by atoms with van der Waals surface area (Å²) in [5.74, 6) is -1.48. The highest BCUT2D eigenvalue weighted by Gasteiger charge is 2.28. The fourth-order valence-electron chi connectivity index (χ4n) is 4.10. The Morgan fingerprint density at radius 3 is 2.62 bits per heavy atom. The van der Waals surface area contributed by atoms with Gasteiger partial charge in [-0.3, -0.25) is 14.6 Å². The zero-order valence-electron chi connectivity index (χ0n) is 20.5. The number of amides is 2. The number of anilines is 2. The molecule has 2 aliphatic rings. The number of ether oxygens (including phenoxy) is 2. The van der Waals surface area contributed by atoms with Crippen LogP contribution in [0.1, 0.15) is 22.5 Å². The molecule has 3 aromatic rings. The molecule has 1 saturated heterocycles. The molecule has 194 valence electrons. The molecule has 0 atom stereocenters. The van der Waals surface area contributed by atoms with Crippen molar-refractivity contribution in [3.63, 3.8) is 0 Å². The van der Waals surface area contributed by atoms with Gasteiger partial charge >= 0.3 is 0 Å². The van der Waals surface area contributed by atoms with Crippen LogP contribution in [-0.4, -0.2) is 60.5 Å². The second-order valence-electron chi connectivity index (χ2n) is 8.31. The van der Waals surface area contributed by atoms with Gasteiger partial charge in [-0.2, -0.15) is 0 Å². The van der Waals surface area contributed by atoms with E-state index in [0.717, 1.165) is 17.7 Å². The Morgan fingerprint density at radius 1 is 1.22 bits per heavy atom. The van der Waals surface area contributed by atoms with E-state index in [1.54, 1.807) is 37.7 Å². The lowest BCUT2D eigenvalue weighted by molar-refractivity contribution is -0.131. The molecule has 0 unspecified atom stereocenters. The van der Waals surface area contributed by atoms with Gasteiger partial charge in [0.15, 0.2) is 17.4 Å². The van der Waals surface area contributed by atoms with E-state index in [-0.39, 0.29) is 11.7 Å². The molecule has 2 aromatic heterocycles. The van der Waals surface area contributed by atoms with E-state index >= 15 is 0 Å². The number of H-pyrrole nitrogens is 1. The predicted molar refractivity (Wildman–Crippen MR) is 134 cm³/mol. The van der Waals surface area contributed by atoms with E-state index in [1.165, 1.54) is 18.1 Å². The maximum absolute atomic E-state index is 14.2. The molecule has 1 aromatic carbocycles. The summed E-state index contributed by atoms with van der Waals surface area (Å²) in [6.45, 7) is 4.81. The minimum absolute atomic E-state index is 0.0707. The summed E-state index contributed by atoms with van der Waals surface area (Å²) in [7, 11) is 2.95. The van der Waals surface area contributed by atoms with E-state index < -0.39 is 17.6 Å². The van der Waals surface area contributed by atoms with Crippen molar-refractivity contribution in [2.75, 3.05) is 39.2 Å². The van der Waals surface area contributed by atoms with Crippen molar-refractivity contribution in [3.8, 4) is 22.8 Å². The summed E-state index contributed by atoms with van der Waals surface area (Å²) in [6.07, 6.45) is 4.88. The Morgan fingerprint density at radius 2 is 2.00 bits per heavy atom. The first kappa shape index (κ1) is 25.7. The average molecular weight is 512 g/mol. The minimum Gasteiger partial charge on any atom is -0.494 e. The van der Waals surface area contributed by atoms with Crippen LogP contribution in [0, 0.1) is 5.82 Å². The molecule has 2 amide bonds. The number of fused-ring (bicyclic) bond motifs is 1. The highest BCUT2D eigenvalue weighted by atomic mass is 19.1. The van der Waals surface area contributed by atoms with E-state index in [9.17, 15) is 18.4 Å². The number of benzene rings is 1. The third-order valence-electron chi connectivity index (χ3n) is 6.05. The molecular formula is C26H27F2N5O4. The Bertz CT molecular complexity index is 1340. The lowest BCUT2D eigenvalue weighted by Gasteiger charge is -2.29. The van der Waals surface area contributed by atoms with Crippen LogP contribution in [0.15, 0.2) is 49.1 Å². The second-order valence-corrected chi connectivity index (χ2v) is 8.31. The highest BCUT2D eigenvalue weighted by Crippen LogP contribution is 2.41. The van der Waals surface area contributed by atoms with E-state index in [2.05, 4.69) is 27.2 Å². The van der Waals surface area contributed by atoms with Gasteiger partial charge < -0.3 is 30.0 Å². The van der Waals surface area contributed by atoms with Crippen LogP contribution >= 0.6 is 0 Å². The number of rotatable bonds is 6. The van der Waals surface area contributed by atoms with Crippen molar-refractivity contribution >= 4 is 23.2 Å². The highest BCUT2D eigenvalue weighted by molar-refractivity contribution is 6.06. The predicted octanol–water partition coefficient (Wildman–Crippen LogP) is 3.96. The van der Waals surface area contributed by atoms with Crippen LogP contribution in [0.2, 0.25) is 0 Å². The number of likely N-dealkylation sites (tertiary alicyclic amines) is 1. The van der Waals surface area contributed by atoms with Crippen LogP contribution in [0.4, 0.5) is 20.2 Å². The molecule has 0 spiro atoms. The van der Waals surface area contributed by atoms with Gasteiger partial charge in [-0.1, -0.05) is 12.6 Å². The Labute approximate surface area is 212 Å². The van der Waals surface area contributed by atoms with Gasteiger partial charge in [-0.05, 0) is 24.6 Å². The van der Waals surface area contributed by atoms with Crippen LogP contribution in [0.5, 0.6) is 11.5 Å². The van der Waals surface area contributed by atoms with Gasteiger partial charge in [0.05, 0.1) is 43.0 Å². The number of aromatic amines is 1. The first-order valence-electron chi connectivity index (χ1n) is 11.6. The zero-order chi connectivity index (χ0) is 26.5. The van der Waals surface area contributed by atoms with Gasteiger partial charge in [-0.25, -0.2) is 8.78 Å². The van der Waals surface area contributed by atoms with Gasteiger partial charge in [-0.15, -0.1) is 0 Å². The molecule has 0 bridgehead atoms. The number of nitrogens with one attached hydrogen (secondary N) is 3. The molecular weight excluding hydrogens is 484 g/mol. The van der Waals surface area contributed by atoms with Crippen molar-refractivity contribution in [1.29, 1.82) is 0 Å². The molecule has 0 aliphatic carbocycles. The van der Waals surface area contributed by atoms with Crippen LogP contribution in [0.3, 0.4) is 0 Å². The summed E-state index contributed by atoms with van der Waals surface area (Å²) < 4.78 is 36.8. The third-order valence-corrected chi connectivity index (χ3v) is 6.05. The summed E-state index contributed by atoms with van der Waals surface area (Å²) in [5, 5.41) is 6.04. The summed E-state index contributed by atoms with van der Waals surface area (Å²) in [6, 6.07) is 6.37. The molecule has 4 heterocycles. The maximum atomic E-state index is 14.2. The molecule has 37 heavy (non-hydrogen) atoms. The van der Waals surface area contributed by atoms with Crippen LogP contribution in [0.25, 0.3) is 11.3 Å². The molecule has 11 heteroatoms. The quantitative estimate of drug-likeness (QED) is 0.433. The van der Waals surface area contributed by atoms with E-state index in [0.29, 0.717) is 54.4 Å². The molecule has 9 nitrogen and oxygen atoms in total. The Balaban J connectivity index is 0.000000301. The van der Waals surface area contributed by atoms with Crippen molar-refractivity contribution in [1.82, 2.24) is 20.2 Å². The van der Waals surface area contributed by atoms with Crippen molar-refractivity contribution in [2.45, 2.75) is 12.8 Å². The third kappa shape index (κ3) is 5.25. The van der Waals surface area contributed by atoms with Crippen LogP contribution in [-0.2, 0) is 11.2 Å². The van der Waals surface area contributed by atoms with Gasteiger partial charge in [0.25, 0.3) is 11.8 Å². The number of methoxy groups -OCH3 is 2. The summed E-state index contributed by atoms with van der Waals surface area (Å²) in [5.41, 5.74) is 3.63. The Kier molecular flexibility index (Phi) is 7.71. The Hall–Kier alpha value is -4.41. The summed E-state index contributed by atoms with van der Waals surface area (Å²) in [4.78, 5) is 32.0. The smallest absolute Gasteiger partial charge is 0.281 e. The number of aromatic nitrogens is 2. The molecule has 3 N–H and O–H groups in total. The molecule has 2 aliphatic heterocycles. The zero-order valence-corrected chi connectivity index (χ0v) is 20.5. The lowest BCUT2D eigenvalue weighted by Crippen LogP contribution is -2.42. The van der Waals surface area contributed by atoms with Gasteiger partial charge in [0.1, 0.15) is 5.75 Å². The van der Waals surface area contributed by atoms with E-state index in [1.807, 2.05) is 0 Å². The molecule has 0 saturated carbocycles. The lowest BCUT2D eigenvalue weighted by atomic mass is 10.0. The second kappa shape index (κ2) is 11.1. The van der Waals surface area contributed by atoms with Crippen LogP contribution < -0.4 is 20.1 Å². The number of halogens is 2. The fourth-order valence-corrected chi connectivity index (χ4v) is 4.10. The number of carbonyl (C=O) groups is 2. The normalized spacial score (nSPS) is 13.8. The van der Waals surface area contributed by atoms with Gasteiger partial charge in [0.2, 0.25) is 0 Å². The number of carbonyl (C=O) groups excluding carboxylic acids is 2. The first-order chi connectivity index (χ1) is 17.8. The number of hydrogen-bond acceptors (Lipinski definition) is 6. The van der Waals surface area contributed by atoms with Crippen molar-refractivity contribution in [2.24, 2.45) is 0 Å². The molecule has 0 radical (unpaired) electrons. The summed E-state index contributed by atoms with van der Waals surface area (Å²) >= 11 is 0. The van der Waals surface area contributed by atoms with Gasteiger partial charge in [0, 0.05) is 43.5 Å². The molecule has 1 fully saturated rings. The first-order valence-corrected chi connectivity index (χ1v) is 11.6. The fraction of sp³-hybridized carbons (Fsp3) is 0.269. The largest absolute Gasteiger partial charge is 0.494 e. The monoisotopic (exact) mass is 511 g/mol. The topological polar surface area (TPSA) is 109 Å². The number of pyridine rings is 1. The van der Waals surface area contributed by atoms with Crippen molar-refractivity contribution in [3.05, 3.63) is 66.1 Å². The maximum Gasteiger partial charge on any atom is 0.281 e. The van der Waals surface area contributed by atoms with E-state index in [4.69, 9.17) is 9.47 Å². The SMILES string of the molecule is C=C(F)C(=O)N1CCC1.COc1cnccc1-c1[nH]c2c(c1Nc1cccc(F)c1OC)C(=O)NCC2. The number of para-hydroxylation sites is 1. The minimum atomic E-state index is -0.852. The number of nitrogens with zero attached hydrogens (tertiary/aromatic N) is 2. The standard InChI is InChI=1S/C20H19FN4O3.C6H8FNO/c1-27-15-10-22-8-6-11(15)17-18(16-13(24-17)7-9-23-20(16)26)25-14-5-3-4-12(21)19(14)28-2;1-5(7)6(9)8-3-2-4-8/h3-6,8,10,24-25H,7,9H2,1-2H3,(H,23,26);1-4H2. The van der Waals surface area contributed by atoms with Crippen molar-refractivity contribution < 1.29 is 27.8 Å². The number of hydrogen-bond donors (Lipinski definition) is 3. The molecule has 5 rings (SSSR count).